The van der Waals surface area contributed by atoms with Gasteiger partial charge in [-0.05, 0) is 30.7 Å². The molecule has 0 nitrogen and oxygen atoms in total. The summed E-state index contributed by atoms with van der Waals surface area (Å²) in [7, 11) is 0. The lowest BCUT2D eigenvalue weighted by atomic mass is 10.0. The molecule has 0 aliphatic carbocycles. The second-order valence-electron chi connectivity index (χ2n) is 3.68. The average molecular weight is 350 g/mol. The normalized spacial score (nSPS) is 10.6. The second kappa shape index (κ2) is 5.19. The van der Waals surface area contributed by atoms with Gasteiger partial charge in [-0.1, -0.05) is 62.9 Å². The van der Waals surface area contributed by atoms with Gasteiger partial charge in [-0.3, -0.25) is 0 Å². The summed E-state index contributed by atoms with van der Waals surface area (Å²) in [4.78, 5) is 0. The Morgan fingerprint density at radius 2 is 1.47 bits per heavy atom. The van der Waals surface area contributed by atoms with E-state index < -0.39 is 0 Å². The number of halogens is 4. The van der Waals surface area contributed by atoms with E-state index in [2.05, 4.69) is 15.9 Å². The average Bonchev–Trinajstić information content (AvgIpc) is 2.21. The molecule has 0 aromatic heterocycles. The van der Waals surface area contributed by atoms with Crippen LogP contribution in [0, 0.1) is 6.92 Å². The van der Waals surface area contributed by atoms with Crippen molar-refractivity contribution in [2.24, 2.45) is 0 Å². The summed E-state index contributed by atoms with van der Waals surface area (Å²) in [6.45, 7) is 1.98. The van der Waals surface area contributed by atoms with Crippen LogP contribution in [0.3, 0.4) is 0 Å². The molecule has 0 atom stereocenters. The fourth-order valence-corrected chi connectivity index (χ4v) is 3.44. The third kappa shape index (κ3) is 2.63. The molecule has 4 heteroatoms. The van der Waals surface area contributed by atoms with E-state index in [1.165, 1.54) is 0 Å². The molecule has 2 aromatic carbocycles. The highest BCUT2D eigenvalue weighted by Crippen LogP contribution is 2.41. The van der Waals surface area contributed by atoms with Crippen LogP contribution in [0.5, 0.6) is 0 Å². The van der Waals surface area contributed by atoms with E-state index in [1.54, 1.807) is 0 Å². The Morgan fingerprint density at radius 1 is 0.882 bits per heavy atom. The Morgan fingerprint density at radius 3 is 2.00 bits per heavy atom. The molecule has 0 amide bonds. The van der Waals surface area contributed by atoms with Crippen LogP contribution in [-0.4, -0.2) is 0 Å². The first-order valence-electron chi connectivity index (χ1n) is 4.90. The molecule has 0 heterocycles. The molecule has 88 valence electrons. The van der Waals surface area contributed by atoms with E-state index in [0.717, 1.165) is 21.2 Å². The number of rotatable bonds is 1. The summed E-state index contributed by atoms with van der Waals surface area (Å²) >= 11 is 22.1. The molecular weight excluding hydrogens is 342 g/mol. The van der Waals surface area contributed by atoms with Gasteiger partial charge in [-0.15, -0.1) is 0 Å². The van der Waals surface area contributed by atoms with Crippen LogP contribution in [0.1, 0.15) is 5.56 Å². The lowest BCUT2D eigenvalue weighted by molar-refractivity contribution is 1.45. The maximum atomic E-state index is 6.24. The first-order chi connectivity index (χ1) is 8.00. The van der Waals surface area contributed by atoms with Gasteiger partial charge in [0.25, 0.3) is 0 Å². The molecule has 0 spiro atoms. The monoisotopic (exact) mass is 348 g/mol. The summed E-state index contributed by atoms with van der Waals surface area (Å²) in [5, 5.41) is 1.82. The summed E-state index contributed by atoms with van der Waals surface area (Å²) < 4.78 is 0.848. The smallest absolute Gasteiger partial charge is 0.0511 e. The topological polar surface area (TPSA) is 0 Å². The highest BCUT2D eigenvalue weighted by Gasteiger charge is 2.14. The summed E-state index contributed by atoms with van der Waals surface area (Å²) in [5.41, 5.74) is 2.71. The van der Waals surface area contributed by atoms with Gasteiger partial charge in [0.1, 0.15) is 0 Å². The van der Waals surface area contributed by atoms with E-state index >= 15 is 0 Å². The number of hydrogen-bond acceptors (Lipinski definition) is 0. The van der Waals surface area contributed by atoms with Gasteiger partial charge in [0.05, 0.1) is 10.0 Å². The van der Waals surface area contributed by atoms with Crippen molar-refractivity contribution >= 4 is 50.7 Å². The van der Waals surface area contributed by atoms with Crippen molar-refractivity contribution in [1.29, 1.82) is 0 Å². The van der Waals surface area contributed by atoms with Crippen molar-refractivity contribution in [3.05, 3.63) is 55.4 Å². The summed E-state index contributed by atoms with van der Waals surface area (Å²) in [5.74, 6) is 0. The SMILES string of the molecule is Cc1cccc(Cl)c1-c1c(Cl)cc(Br)cc1Cl. The lowest BCUT2D eigenvalue weighted by Crippen LogP contribution is -1.88. The Kier molecular flexibility index (Phi) is 4.04. The molecule has 0 radical (unpaired) electrons. The molecule has 0 saturated carbocycles. The third-order valence-corrected chi connectivity index (χ3v) is 3.85. The number of hydrogen-bond donors (Lipinski definition) is 0. The van der Waals surface area contributed by atoms with Gasteiger partial charge in [0.2, 0.25) is 0 Å². The highest BCUT2D eigenvalue weighted by atomic mass is 79.9. The van der Waals surface area contributed by atoms with E-state index in [4.69, 9.17) is 34.8 Å². The minimum atomic E-state index is 0.584. The maximum absolute atomic E-state index is 6.24. The zero-order valence-corrected chi connectivity index (χ0v) is 12.8. The number of aryl methyl sites for hydroxylation is 1. The van der Waals surface area contributed by atoms with Crippen molar-refractivity contribution in [3.8, 4) is 11.1 Å². The quantitative estimate of drug-likeness (QED) is 0.559. The van der Waals surface area contributed by atoms with Gasteiger partial charge in [-0.25, -0.2) is 0 Å². The fourth-order valence-electron chi connectivity index (χ4n) is 1.73. The first kappa shape index (κ1) is 13.2. The molecule has 0 fully saturated rings. The molecule has 17 heavy (non-hydrogen) atoms. The van der Waals surface area contributed by atoms with Gasteiger partial charge in [0, 0.05) is 20.6 Å². The van der Waals surface area contributed by atoms with Crippen molar-refractivity contribution in [2.75, 3.05) is 0 Å². The predicted molar refractivity (Wildman–Crippen MR) is 79.3 cm³/mol. The van der Waals surface area contributed by atoms with Gasteiger partial charge in [0.15, 0.2) is 0 Å². The minimum Gasteiger partial charge on any atom is -0.0837 e. The van der Waals surface area contributed by atoms with Crippen molar-refractivity contribution in [2.45, 2.75) is 6.92 Å². The standard InChI is InChI=1S/C13H8BrCl3/c1-7-3-2-4-9(15)12(7)13-10(16)5-8(14)6-11(13)17/h2-6H,1H3. The zero-order chi connectivity index (χ0) is 12.6. The Bertz CT molecular complexity index is 536. The number of benzene rings is 2. The maximum Gasteiger partial charge on any atom is 0.0511 e. The van der Waals surface area contributed by atoms with Crippen LogP contribution in [0.15, 0.2) is 34.8 Å². The van der Waals surface area contributed by atoms with E-state index in [-0.39, 0.29) is 0 Å². The lowest BCUT2D eigenvalue weighted by Gasteiger charge is -2.12. The molecule has 2 rings (SSSR count). The van der Waals surface area contributed by atoms with E-state index in [9.17, 15) is 0 Å². The largest absolute Gasteiger partial charge is 0.0837 e. The first-order valence-corrected chi connectivity index (χ1v) is 6.83. The molecular formula is C13H8BrCl3. The molecule has 0 unspecified atom stereocenters. The Balaban J connectivity index is 2.77. The van der Waals surface area contributed by atoms with Crippen LogP contribution in [-0.2, 0) is 0 Å². The minimum absolute atomic E-state index is 0.584. The van der Waals surface area contributed by atoms with Crippen LogP contribution >= 0.6 is 50.7 Å². The third-order valence-electron chi connectivity index (χ3n) is 2.48. The van der Waals surface area contributed by atoms with Crippen LogP contribution in [0.2, 0.25) is 15.1 Å². The molecule has 0 aliphatic heterocycles. The van der Waals surface area contributed by atoms with Crippen molar-refractivity contribution < 1.29 is 0 Å². The molecule has 2 aromatic rings. The fraction of sp³-hybridized carbons (Fsp3) is 0.0769. The summed E-state index contributed by atoms with van der Waals surface area (Å²) in [6.07, 6.45) is 0. The molecule has 0 aliphatic rings. The van der Waals surface area contributed by atoms with E-state index in [0.29, 0.717) is 15.1 Å². The van der Waals surface area contributed by atoms with Crippen LogP contribution in [0.4, 0.5) is 0 Å². The van der Waals surface area contributed by atoms with Gasteiger partial charge in [-0.2, -0.15) is 0 Å². The highest BCUT2D eigenvalue weighted by molar-refractivity contribution is 9.10. The van der Waals surface area contributed by atoms with Crippen LogP contribution in [0.25, 0.3) is 11.1 Å². The molecule has 0 N–H and O–H groups in total. The van der Waals surface area contributed by atoms with Crippen molar-refractivity contribution in [1.82, 2.24) is 0 Å². The summed E-state index contributed by atoms with van der Waals surface area (Å²) in [6, 6.07) is 9.34. The Hall–Kier alpha value is -0.210. The van der Waals surface area contributed by atoms with Gasteiger partial charge >= 0.3 is 0 Å². The molecule has 0 bridgehead atoms. The molecule has 0 saturated heterocycles. The van der Waals surface area contributed by atoms with E-state index in [1.807, 2.05) is 37.3 Å². The van der Waals surface area contributed by atoms with Gasteiger partial charge < -0.3 is 0 Å². The zero-order valence-electron chi connectivity index (χ0n) is 8.90. The second-order valence-corrected chi connectivity index (χ2v) is 5.81. The van der Waals surface area contributed by atoms with Crippen LogP contribution < -0.4 is 0 Å². The predicted octanol–water partition coefficient (Wildman–Crippen LogP) is 6.38. The Labute approximate surface area is 124 Å². The van der Waals surface area contributed by atoms with Crippen molar-refractivity contribution in [3.63, 3.8) is 0 Å².